The van der Waals surface area contributed by atoms with E-state index in [-0.39, 0.29) is 12.4 Å². The van der Waals surface area contributed by atoms with E-state index in [0.717, 1.165) is 6.20 Å². The Hall–Kier alpha value is -1.29. The highest BCUT2D eigenvalue weighted by Crippen LogP contribution is 2.45. The quantitative estimate of drug-likeness (QED) is 0.161. The normalized spacial score (nSPS) is 43.0. The van der Waals surface area contributed by atoms with E-state index < -0.39 is 74.0 Å². The summed E-state index contributed by atoms with van der Waals surface area (Å²) in [5.74, 6) is -2.63. The van der Waals surface area contributed by atoms with Gasteiger partial charge in [0.15, 0.2) is 6.10 Å². The number of quaternary nitrogens is 1. The number of hydrogen-bond acceptors (Lipinski definition) is 10. The molecule has 8 N–H and O–H groups in total. The maximum Gasteiger partial charge on any atom is 0.455 e. The van der Waals surface area contributed by atoms with Gasteiger partial charge in [0, 0.05) is 6.08 Å². The third kappa shape index (κ3) is 3.89. The fraction of sp³-hybridized carbons (Fsp3) is 0.714. The van der Waals surface area contributed by atoms with E-state index in [1.807, 2.05) is 0 Å². The van der Waals surface area contributed by atoms with Crippen molar-refractivity contribution in [2.24, 2.45) is 10.7 Å². The van der Waals surface area contributed by atoms with Crippen LogP contribution in [0.5, 0.6) is 0 Å². The zero-order valence-electron chi connectivity index (χ0n) is 15.0. The number of nitrogens with zero attached hydrogens (tertiary/aromatic N) is 2. The Bertz CT molecular complexity index is 772. The molecule has 29 heavy (non-hydrogen) atoms. The van der Waals surface area contributed by atoms with Crippen molar-refractivity contribution < 1.29 is 58.3 Å². The molecule has 2 amide bonds. The van der Waals surface area contributed by atoms with Gasteiger partial charge in [0.2, 0.25) is 6.23 Å². The van der Waals surface area contributed by atoms with Crippen LogP contribution in [-0.4, -0.2) is 103 Å². The molecule has 2 fully saturated rings. The number of carbonyl (C=O) groups excluding carboxylic acids is 1. The summed E-state index contributed by atoms with van der Waals surface area (Å²) >= 11 is 0. The lowest BCUT2D eigenvalue weighted by molar-refractivity contribution is -0.957. The number of rotatable bonds is 6. The summed E-state index contributed by atoms with van der Waals surface area (Å²) < 4.78 is 25.6. The number of amidine groups is 1. The van der Waals surface area contributed by atoms with E-state index in [1.165, 1.54) is 6.08 Å². The fourth-order valence-electron chi connectivity index (χ4n) is 3.57. The van der Waals surface area contributed by atoms with E-state index in [0.29, 0.717) is 0 Å². The minimum atomic E-state index is -4.49. The summed E-state index contributed by atoms with van der Waals surface area (Å²) in [4.78, 5) is 34.4. The standard InChI is InChI=1S/C14H22N3O11P/c15-9-1-2-17(13(21)16-9,12-11(20)10(19)8(4-18)28-12)14(22)3-7(5-27-14)26-6-29(23,24)25/h1-2,7-8,10-12,18-20,22H,3-6H2,(H3-,15,16,21,23,24,25)/p+1/t7-,8-,10-,11-,12-,14?,17?/m1/s1. The zero-order valence-corrected chi connectivity index (χ0v) is 15.9. The number of aliphatic hydroxyl groups is 4. The summed E-state index contributed by atoms with van der Waals surface area (Å²) in [7, 11) is -4.49. The molecule has 3 aliphatic heterocycles. The van der Waals surface area contributed by atoms with Crippen molar-refractivity contribution in [2.75, 3.05) is 19.6 Å². The molecule has 0 bridgehead atoms. The third-order valence-electron chi connectivity index (χ3n) is 4.99. The Morgan fingerprint density at radius 2 is 2.07 bits per heavy atom. The molecule has 3 heterocycles. The minimum absolute atomic E-state index is 0.189. The Morgan fingerprint density at radius 3 is 2.62 bits per heavy atom. The van der Waals surface area contributed by atoms with Crippen LogP contribution in [-0.2, 0) is 18.8 Å². The van der Waals surface area contributed by atoms with Crippen molar-refractivity contribution in [3.05, 3.63) is 12.3 Å². The van der Waals surface area contributed by atoms with Gasteiger partial charge in [-0.3, -0.25) is 9.30 Å². The number of ether oxygens (including phenoxy) is 3. The molecule has 2 saturated heterocycles. The first-order chi connectivity index (χ1) is 13.4. The SMILES string of the molecule is NC1=NC(=O)[N+]([C@@H]2O[C@H](CO)[C@@H](O)[C@H]2O)(C2(O)C[C@@H](OCP(=O)(O)O)CO2)C=C1. The first kappa shape index (κ1) is 22.4. The molecule has 15 heteroatoms. The Balaban J connectivity index is 1.95. The highest BCUT2D eigenvalue weighted by atomic mass is 31.2. The molecule has 7 atom stereocenters. The van der Waals surface area contributed by atoms with Gasteiger partial charge in [0.05, 0.1) is 25.7 Å². The average Bonchev–Trinajstić information content (AvgIpc) is 3.15. The average molecular weight is 440 g/mol. The molecule has 0 aromatic carbocycles. The maximum atomic E-state index is 12.9. The van der Waals surface area contributed by atoms with E-state index in [2.05, 4.69) is 4.99 Å². The van der Waals surface area contributed by atoms with Gasteiger partial charge in [-0.2, -0.15) is 0 Å². The van der Waals surface area contributed by atoms with Crippen LogP contribution < -0.4 is 5.73 Å². The first-order valence-corrected chi connectivity index (χ1v) is 10.3. The van der Waals surface area contributed by atoms with Gasteiger partial charge in [0.25, 0.3) is 0 Å². The molecule has 164 valence electrons. The van der Waals surface area contributed by atoms with Crippen LogP contribution in [0.1, 0.15) is 6.42 Å². The molecule has 0 aromatic rings. The van der Waals surface area contributed by atoms with Crippen LogP contribution in [0.25, 0.3) is 0 Å². The molecule has 0 aliphatic carbocycles. The number of urea groups is 1. The van der Waals surface area contributed by atoms with Gasteiger partial charge in [0.1, 0.15) is 30.6 Å². The molecule has 3 aliphatic rings. The summed E-state index contributed by atoms with van der Waals surface area (Å²) in [6, 6.07) is -1.09. The van der Waals surface area contributed by atoms with Crippen LogP contribution in [0.3, 0.4) is 0 Å². The highest BCUT2D eigenvalue weighted by molar-refractivity contribution is 7.51. The highest BCUT2D eigenvalue weighted by Gasteiger charge is 2.70. The molecular formula is C14H23N3O11P+. The minimum Gasteiger partial charge on any atom is -0.394 e. The number of nitrogens with two attached hydrogens (primary N) is 1. The molecular weight excluding hydrogens is 417 g/mol. The van der Waals surface area contributed by atoms with E-state index >= 15 is 0 Å². The van der Waals surface area contributed by atoms with Crippen LogP contribution in [0.4, 0.5) is 4.79 Å². The van der Waals surface area contributed by atoms with Crippen LogP contribution in [0.2, 0.25) is 0 Å². The lowest BCUT2D eigenvalue weighted by Gasteiger charge is -2.44. The van der Waals surface area contributed by atoms with E-state index in [9.17, 15) is 29.8 Å². The lowest BCUT2D eigenvalue weighted by atomic mass is 10.1. The van der Waals surface area contributed by atoms with Crippen molar-refractivity contribution in [1.82, 2.24) is 0 Å². The smallest absolute Gasteiger partial charge is 0.394 e. The number of amides is 2. The molecule has 0 saturated carbocycles. The van der Waals surface area contributed by atoms with Gasteiger partial charge < -0.3 is 45.4 Å². The number of carbonyl (C=O) groups is 1. The number of hydrogen-bond donors (Lipinski definition) is 7. The van der Waals surface area contributed by atoms with E-state index in [1.54, 1.807) is 0 Å². The zero-order chi connectivity index (χ0) is 21.6. The second-order valence-electron chi connectivity index (χ2n) is 6.98. The van der Waals surface area contributed by atoms with Crippen LogP contribution in [0, 0.1) is 0 Å². The van der Waals surface area contributed by atoms with Crippen molar-refractivity contribution in [2.45, 2.75) is 43.0 Å². The Morgan fingerprint density at radius 1 is 1.38 bits per heavy atom. The first-order valence-electron chi connectivity index (χ1n) is 8.55. The van der Waals surface area contributed by atoms with Gasteiger partial charge in [-0.05, 0) is 0 Å². The molecule has 14 nitrogen and oxygen atoms in total. The Kier molecular flexibility index (Phi) is 5.99. The van der Waals surface area contributed by atoms with Gasteiger partial charge in [-0.25, -0.2) is 4.79 Å². The van der Waals surface area contributed by atoms with Crippen molar-refractivity contribution in [1.29, 1.82) is 0 Å². The van der Waals surface area contributed by atoms with Gasteiger partial charge in [-0.1, -0.05) is 0 Å². The molecule has 0 radical (unpaired) electrons. The van der Waals surface area contributed by atoms with Crippen molar-refractivity contribution in [3.8, 4) is 0 Å². The van der Waals surface area contributed by atoms with Crippen LogP contribution in [0.15, 0.2) is 17.3 Å². The topological polar surface area (TPSA) is 222 Å². The second kappa shape index (κ2) is 7.76. The number of aliphatic hydroxyl groups excluding tert-OH is 3. The van der Waals surface area contributed by atoms with E-state index in [4.69, 9.17) is 29.7 Å². The Labute approximate surface area is 164 Å². The lowest BCUT2D eigenvalue weighted by Crippen LogP contribution is -2.71. The summed E-state index contributed by atoms with van der Waals surface area (Å²) in [5, 5.41) is 41.1. The fourth-order valence-corrected chi connectivity index (χ4v) is 3.98. The van der Waals surface area contributed by atoms with Crippen molar-refractivity contribution in [3.63, 3.8) is 0 Å². The summed E-state index contributed by atoms with van der Waals surface area (Å²) in [6.07, 6.45) is -6.32. The summed E-state index contributed by atoms with van der Waals surface area (Å²) in [5.41, 5.74) is 5.53. The largest absolute Gasteiger partial charge is 0.455 e. The molecule has 2 unspecified atom stereocenters. The second-order valence-corrected chi connectivity index (χ2v) is 8.57. The molecule has 0 aromatic heterocycles. The summed E-state index contributed by atoms with van der Waals surface area (Å²) in [6.45, 7) is -1.02. The third-order valence-corrected chi connectivity index (χ3v) is 5.48. The maximum absolute atomic E-state index is 12.9. The predicted molar refractivity (Wildman–Crippen MR) is 91.5 cm³/mol. The number of aliphatic imine (C=N–C) groups is 1. The molecule has 3 rings (SSSR count). The molecule has 0 spiro atoms. The van der Waals surface area contributed by atoms with Gasteiger partial charge in [-0.15, -0.1) is 9.48 Å². The van der Waals surface area contributed by atoms with Crippen LogP contribution >= 0.6 is 7.60 Å². The monoisotopic (exact) mass is 440 g/mol. The van der Waals surface area contributed by atoms with Gasteiger partial charge >= 0.3 is 19.5 Å². The van der Waals surface area contributed by atoms with Crippen molar-refractivity contribution >= 4 is 19.5 Å². The predicted octanol–water partition coefficient (Wildman–Crippen LogP) is -3.17.